The highest BCUT2D eigenvalue weighted by atomic mass is 16.5. The lowest BCUT2D eigenvalue weighted by molar-refractivity contribution is 0.112. The summed E-state index contributed by atoms with van der Waals surface area (Å²) in [6.45, 7) is 5.62. The van der Waals surface area contributed by atoms with Crippen LogP contribution < -0.4 is 4.90 Å². The molecule has 20 heavy (non-hydrogen) atoms. The Hall–Kier alpha value is -1.86. The summed E-state index contributed by atoms with van der Waals surface area (Å²) in [5.74, 6) is 0. The van der Waals surface area contributed by atoms with E-state index in [9.17, 15) is 10.1 Å². The monoisotopic (exact) mass is 274 g/mol. The molecule has 0 spiro atoms. The van der Waals surface area contributed by atoms with Gasteiger partial charge in [0.25, 0.3) is 0 Å². The van der Waals surface area contributed by atoms with Gasteiger partial charge in [0, 0.05) is 25.3 Å². The van der Waals surface area contributed by atoms with Gasteiger partial charge >= 0.3 is 0 Å². The third kappa shape index (κ3) is 3.82. The molecule has 4 nitrogen and oxygen atoms in total. The van der Waals surface area contributed by atoms with E-state index < -0.39 is 0 Å². The molecule has 0 bridgehead atoms. The van der Waals surface area contributed by atoms with E-state index in [1.165, 1.54) is 0 Å². The molecule has 1 aromatic rings. The number of hydrogen-bond donors (Lipinski definition) is 0. The lowest BCUT2D eigenvalue weighted by Crippen LogP contribution is -2.37. The number of nitrogens with zero attached hydrogens (tertiary/aromatic N) is 2. The number of methoxy groups -OCH3 is 1. The molecule has 0 N–H and O–H groups in total. The number of ether oxygens (including phenoxy) is 1. The number of carbonyl (C=O) groups is 1. The normalized spacial score (nSPS) is 10.3. The van der Waals surface area contributed by atoms with E-state index >= 15 is 0 Å². The minimum absolute atomic E-state index is 0.360. The van der Waals surface area contributed by atoms with E-state index in [1.54, 1.807) is 19.2 Å². The first-order chi connectivity index (χ1) is 9.71. The van der Waals surface area contributed by atoms with Crippen molar-refractivity contribution in [3.8, 4) is 6.07 Å². The Balaban J connectivity index is 3.18. The van der Waals surface area contributed by atoms with Crippen LogP contribution in [0.25, 0.3) is 0 Å². The van der Waals surface area contributed by atoms with Gasteiger partial charge in [-0.05, 0) is 31.0 Å². The summed E-state index contributed by atoms with van der Waals surface area (Å²) >= 11 is 0. The number of carbonyl (C=O) groups excluding carboxylic acids is 1. The van der Waals surface area contributed by atoms with Crippen LogP contribution in [-0.4, -0.2) is 32.6 Å². The summed E-state index contributed by atoms with van der Waals surface area (Å²) in [5, 5.41) is 9.32. The molecule has 0 heterocycles. The topological polar surface area (TPSA) is 53.3 Å². The fraction of sp³-hybridized carbons (Fsp3) is 0.500. The first-order valence-corrected chi connectivity index (χ1v) is 6.96. The number of nitriles is 1. The van der Waals surface area contributed by atoms with Crippen molar-refractivity contribution < 1.29 is 9.53 Å². The zero-order chi connectivity index (χ0) is 15.0. The smallest absolute Gasteiger partial charge is 0.150 e. The third-order valence-electron chi connectivity index (χ3n) is 3.51. The molecule has 0 unspecified atom stereocenters. The van der Waals surface area contributed by atoms with Crippen molar-refractivity contribution in [3.05, 3.63) is 29.3 Å². The van der Waals surface area contributed by atoms with E-state index in [1.807, 2.05) is 6.07 Å². The summed E-state index contributed by atoms with van der Waals surface area (Å²) in [4.78, 5) is 13.0. The highest BCUT2D eigenvalue weighted by Gasteiger charge is 2.18. The van der Waals surface area contributed by atoms with Crippen LogP contribution in [0.2, 0.25) is 0 Å². The summed E-state index contributed by atoms with van der Waals surface area (Å²) in [6.07, 6.45) is 2.77. The SMILES string of the molecule is CCC(CC)N(CCOC)c1ccc(C=O)cc1C#N. The van der Waals surface area contributed by atoms with Crippen molar-refractivity contribution in [2.75, 3.05) is 25.2 Å². The second kappa shape index (κ2) is 8.34. The van der Waals surface area contributed by atoms with Crippen molar-refractivity contribution in [2.45, 2.75) is 32.7 Å². The molecule has 0 aromatic heterocycles. The van der Waals surface area contributed by atoms with Crippen molar-refractivity contribution in [1.29, 1.82) is 5.26 Å². The van der Waals surface area contributed by atoms with Gasteiger partial charge < -0.3 is 9.64 Å². The number of aldehydes is 1. The Morgan fingerprint density at radius 3 is 2.60 bits per heavy atom. The predicted molar refractivity (Wildman–Crippen MR) is 80.1 cm³/mol. The number of hydrogen-bond acceptors (Lipinski definition) is 4. The highest BCUT2D eigenvalue weighted by molar-refractivity contribution is 5.78. The molecular weight excluding hydrogens is 252 g/mol. The molecule has 0 aliphatic rings. The molecule has 0 fully saturated rings. The average Bonchev–Trinajstić information content (AvgIpc) is 2.51. The molecule has 0 amide bonds. The van der Waals surface area contributed by atoms with Gasteiger partial charge in [0.15, 0.2) is 0 Å². The Morgan fingerprint density at radius 1 is 1.40 bits per heavy atom. The molecule has 1 rings (SSSR count). The van der Waals surface area contributed by atoms with Gasteiger partial charge in [0.05, 0.1) is 17.9 Å². The Bertz CT molecular complexity index is 476. The van der Waals surface area contributed by atoms with Crippen LogP contribution in [0, 0.1) is 11.3 Å². The Labute approximate surface area is 121 Å². The maximum Gasteiger partial charge on any atom is 0.150 e. The third-order valence-corrected chi connectivity index (χ3v) is 3.51. The van der Waals surface area contributed by atoms with Crippen LogP contribution in [-0.2, 0) is 4.74 Å². The second-order valence-corrected chi connectivity index (χ2v) is 4.66. The lowest BCUT2D eigenvalue weighted by atomic mass is 10.0. The zero-order valence-electron chi connectivity index (χ0n) is 12.4. The van der Waals surface area contributed by atoms with E-state index in [4.69, 9.17) is 4.74 Å². The van der Waals surface area contributed by atoms with Gasteiger partial charge in [-0.3, -0.25) is 4.79 Å². The minimum atomic E-state index is 0.360. The summed E-state index contributed by atoms with van der Waals surface area (Å²) in [6, 6.07) is 7.81. The first-order valence-electron chi connectivity index (χ1n) is 6.96. The Kier molecular flexibility index (Phi) is 6.75. The maximum absolute atomic E-state index is 10.8. The van der Waals surface area contributed by atoms with Crippen LogP contribution >= 0.6 is 0 Å². The number of anilines is 1. The van der Waals surface area contributed by atoms with E-state index in [-0.39, 0.29) is 0 Å². The van der Waals surface area contributed by atoms with Crippen LogP contribution in [0.15, 0.2) is 18.2 Å². The zero-order valence-corrected chi connectivity index (χ0v) is 12.4. The van der Waals surface area contributed by atoms with Crippen molar-refractivity contribution in [2.24, 2.45) is 0 Å². The maximum atomic E-state index is 10.8. The van der Waals surface area contributed by atoms with Gasteiger partial charge in [-0.2, -0.15) is 5.26 Å². The molecule has 0 radical (unpaired) electrons. The summed E-state index contributed by atoms with van der Waals surface area (Å²) < 4.78 is 5.17. The van der Waals surface area contributed by atoms with Gasteiger partial charge in [-0.1, -0.05) is 13.8 Å². The fourth-order valence-corrected chi connectivity index (χ4v) is 2.39. The fourth-order valence-electron chi connectivity index (χ4n) is 2.39. The summed E-state index contributed by atoms with van der Waals surface area (Å²) in [7, 11) is 1.67. The number of benzene rings is 1. The number of rotatable bonds is 8. The van der Waals surface area contributed by atoms with E-state index in [2.05, 4.69) is 24.8 Å². The van der Waals surface area contributed by atoms with Gasteiger partial charge in [0.1, 0.15) is 12.4 Å². The van der Waals surface area contributed by atoms with Crippen LogP contribution in [0.3, 0.4) is 0 Å². The van der Waals surface area contributed by atoms with Gasteiger partial charge in [-0.15, -0.1) is 0 Å². The van der Waals surface area contributed by atoms with Crippen molar-refractivity contribution in [3.63, 3.8) is 0 Å². The molecule has 108 valence electrons. The summed E-state index contributed by atoms with van der Waals surface area (Å²) in [5.41, 5.74) is 1.95. The van der Waals surface area contributed by atoms with Crippen molar-refractivity contribution >= 4 is 12.0 Å². The highest BCUT2D eigenvalue weighted by Crippen LogP contribution is 2.25. The molecule has 0 saturated heterocycles. The molecular formula is C16H22N2O2. The lowest BCUT2D eigenvalue weighted by Gasteiger charge is -2.33. The second-order valence-electron chi connectivity index (χ2n) is 4.66. The van der Waals surface area contributed by atoms with Crippen LogP contribution in [0.5, 0.6) is 0 Å². The largest absolute Gasteiger partial charge is 0.383 e. The van der Waals surface area contributed by atoms with Crippen molar-refractivity contribution in [1.82, 2.24) is 0 Å². The molecule has 1 aromatic carbocycles. The minimum Gasteiger partial charge on any atom is -0.383 e. The van der Waals surface area contributed by atoms with Crippen LogP contribution in [0.4, 0.5) is 5.69 Å². The van der Waals surface area contributed by atoms with E-state index in [0.717, 1.165) is 31.4 Å². The quantitative estimate of drug-likeness (QED) is 0.684. The van der Waals surface area contributed by atoms with E-state index in [0.29, 0.717) is 23.8 Å². The van der Waals surface area contributed by atoms with Gasteiger partial charge in [-0.25, -0.2) is 0 Å². The molecule has 0 aliphatic heterocycles. The molecule has 0 atom stereocenters. The Morgan fingerprint density at radius 2 is 2.10 bits per heavy atom. The predicted octanol–water partition coefficient (Wildman–Crippen LogP) is 3.01. The van der Waals surface area contributed by atoms with Gasteiger partial charge in [0.2, 0.25) is 0 Å². The van der Waals surface area contributed by atoms with Crippen LogP contribution in [0.1, 0.15) is 42.6 Å². The molecule has 4 heteroatoms. The first kappa shape index (κ1) is 16.2. The average molecular weight is 274 g/mol. The standard InChI is InChI=1S/C16H22N2O2/c1-4-15(5-2)18(8-9-20-3)16-7-6-13(12-19)10-14(16)11-17/h6-7,10,12,15H,4-5,8-9H2,1-3H3. The molecule has 0 aliphatic carbocycles. The molecule has 0 saturated carbocycles.